The van der Waals surface area contributed by atoms with Gasteiger partial charge in [0.25, 0.3) is 5.91 Å². The molecule has 7 nitrogen and oxygen atoms in total. The number of halogens is 2. The highest BCUT2D eigenvalue weighted by atomic mass is 35.5. The molecule has 0 bridgehead atoms. The van der Waals surface area contributed by atoms with Gasteiger partial charge in [-0.2, -0.15) is 0 Å². The van der Waals surface area contributed by atoms with Gasteiger partial charge in [-0.15, -0.1) is 23.2 Å². The first kappa shape index (κ1) is 23.8. The van der Waals surface area contributed by atoms with Gasteiger partial charge in [0, 0.05) is 23.3 Å². The number of fused-ring (bicyclic) bond motifs is 2. The van der Waals surface area contributed by atoms with E-state index in [2.05, 4.69) is 10.3 Å². The fraction of sp³-hybridized carbons (Fsp3) is 0.286. The van der Waals surface area contributed by atoms with E-state index in [1.807, 2.05) is 42.5 Å². The van der Waals surface area contributed by atoms with Gasteiger partial charge < -0.3 is 32.1 Å². The number of carbonyl (C=O) groups is 1. The summed E-state index contributed by atoms with van der Waals surface area (Å²) in [4.78, 5) is 15.6. The van der Waals surface area contributed by atoms with Crippen LogP contribution in [0, 0.1) is 0 Å². The zero-order valence-electron chi connectivity index (χ0n) is 16.5. The minimum absolute atomic E-state index is 0. The minimum Gasteiger partial charge on any atom is -0.454 e. The van der Waals surface area contributed by atoms with Crippen LogP contribution in [0.15, 0.2) is 42.5 Å². The predicted octanol–water partition coefficient (Wildman–Crippen LogP) is 5.24. The van der Waals surface area contributed by atoms with Gasteiger partial charge in [-0.05, 0) is 48.2 Å². The van der Waals surface area contributed by atoms with Gasteiger partial charge in [0.05, 0.1) is 5.38 Å². The number of H-pyrrole nitrogens is 1. The average molecular weight is 453 g/mol. The lowest BCUT2D eigenvalue weighted by Gasteiger charge is -2.09. The summed E-state index contributed by atoms with van der Waals surface area (Å²) in [5.74, 6) is 1.91. The third-order valence-corrected chi connectivity index (χ3v) is 5.35. The summed E-state index contributed by atoms with van der Waals surface area (Å²) in [6, 6.07) is 13.7. The summed E-state index contributed by atoms with van der Waals surface area (Å²) in [6.45, 7) is 0.664. The zero-order valence-corrected chi connectivity index (χ0v) is 18.1. The maximum atomic E-state index is 12.4. The quantitative estimate of drug-likeness (QED) is 0.363. The van der Waals surface area contributed by atoms with E-state index in [1.54, 1.807) is 0 Å². The normalized spacial score (nSPS) is 12.7. The standard InChI is InChI=1S/C21H20Cl2N2O3.2H3N/c22-7-1-2-16(23)11-24-21(26)18-9-15-4-3-13(8-17(15)25-18)14-5-6-19-20(10-14)28-12-27-19;;/h3-6,8-10,16,25H,1-2,7,11-12H2,(H,24,26);2*1H3/t16-;;/m1../s1. The number of ether oxygens (including phenoxy) is 2. The van der Waals surface area contributed by atoms with Crippen LogP contribution >= 0.6 is 23.2 Å². The van der Waals surface area contributed by atoms with E-state index in [-0.39, 0.29) is 30.4 Å². The number of benzene rings is 2. The molecule has 1 atom stereocenters. The van der Waals surface area contributed by atoms with Crippen molar-refractivity contribution in [2.24, 2.45) is 0 Å². The average Bonchev–Trinajstić information content (AvgIpc) is 3.35. The second-order valence-corrected chi connectivity index (χ2v) is 7.69. The number of nitrogens with one attached hydrogen (secondary N) is 2. The van der Waals surface area contributed by atoms with Crippen molar-refractivity contribution in [3.05, 3.63) is 48.2 Å². The van der Waals surface area contributed by atoms with E-state index in [4.69, 9.17) is 32.7 Å². The lowest BCUT2D eigenvalue weighted by molar-refractivity contribution is 0.0949. The molecule has 2 heterocycles. The van der Waals surface area contributed by atoms with Crippen molar-refractivity contribution in [1.82, 2.24) is 22.6 Å². The Hall–Kier alpha value is -2.45. The largest absolute Gasteiger partial charge is 0.454 e. The van der Waals surface area contributed by atoms with E-state index < -0.39 is 0 Å². The Balaban J connectivity index is 0.00000160. The van der Waals surface area contributed by atoms with Gasteiger partial charge >= 0.3 is 0 Å². The molecule has 1 aliphatic rings. The summed E-state index contributed by atoms with van der Waals surface area (Å²) in [5.41, 5.74) is 3.46. The first-order valence-corrected chi connectivity index (χ1v) is 10.1. The molecule has 0 aliphatic carbocycles. The molecular formula is C21H26Cl2N4O3. The van der Waals surface area contributed by atoms with E-state index in [0.29, 0.717) is 18.1 Å². The maximum absolute atomic E-state index is 12.4. The third kappa shape index (κ3) is 5.17. The van der Waals surface area contributed by atoms with E-state index in [0.717, 1.165) is 46.4 Å². The molecule has 0 saturated carbocycles. The molecule has 9 heteroatoms. The van der Waals surface area contributed by atoms with Crippen LogP contribution < -0.4 is 27.1 Å². The van der Waals surface area contributed by atoms with Gasteiger partial charge in [0.1, 0.15) is 5.69 Å². The highest BCUT2D eigenvalue weighted by Gasteiger charge is 2.15. The molecule has 1 amide bonds. The molecule has 1 aliphatic heterocycles. The number of aromatic nitrogens is 1. The predicted molar refractivity (Wildman–Crippen MR) is 122 cm³/mol. The van der Waals surface area contributed by atoms with Crippen molar-refractivity contribution in [3.8, 4) is 22.6 Å². The molecule has 0 fully saturated rings. The van der Waals surface area contributed by atoms with Crippen LogP contribution in [0.1, 0.15) is 23.3 Å². The number of hydrogen-bond donors (Lipinski definition) is 4. The minimum atomic E-state index is -0.169. The first-order valence-electron chi connectivity index (χ1n) is 9.15. The summed E-state index contributed by atoms with van der Waals surface area (Å²) >= 11 is 11.9. The molecule has 3 aromatic rings. The Morgan fingerprint density at radius 1 is 1.07 bits per heavy atom. The van der Waals surface area contributed by atoms with Gasteiger partial charge in [-0.3, -0.25) is 4.79 Å². The van der Waals surface area contributed by atoms with Crippen molar-refractivity contribution in [2.45, 2.75) is 18.2 Å². The number of rotatable bonds is 7. The van der Waals surface area contributed by atoms with E-state index >= 15 is 0 Å². The van der Waals surface area contributed by atoms with Gasteiger partial charge in [0.15, 0.2) is 11.5 Å². The van der Waals surface area contributed by atoms with Crippen LogP contribution in [0.4, 0.5) is 0 Å². The summed E-state index contributed by atoms with van der Waals surface area (Å²) < 4.78 is 10.8. The van der Waals surface area contributed by atoms with Crippen LogP contribution in [-0.2, 0) is 0 Å². The number of alkyl halides is 2. The van der Waals surface area contributed by atoms with Crippen LogP contribution in [0.3, 0.4) is 0 Å². The van der Waals surface area contributed by atoms with Crippen LogP contribution in [0.2, 0.25) is 0 Å². The SMILES string of the molecule is N.N.O=C(NC[C@H](Cl)CCCCl)c1cc2ccc(-c3ccc4c(c3)OCO4)cc2[nH]1. The fourth-order valence-corrected chi connectivity index (χ4v) is 3.59. The topological polar surface area (TPSA) is 133 Å². The lowest BCUT2D eigenvalue weighted by Crippen LogP contribution is -2.30. The number of aromatic amines is 1. The summed E-state index contributed by atoms with van der Waals surface area (Å²) in [7, 11) is 0. The van der Waals surface area contributed by atoms with Crippen molar-refractivity contribution in [1.29, 1.82) is 0 Å². The first-order chi connectivity index (χ1) is 13.6. The Morgan fingerprint density at radius 3 is 2.60 bits per heavy atom. The molecule has 30 heavy (non-hydrogen) atoms. The Kier molecular flexibility index (Phi) is 8.37. The molecule has 8 N–H and O–H groups in total. The second-order valence-electron chi connectivity index (χ2n) is 6.69. The van der Waals surface area contributed by atoms with Crippen LogP contribution in [0.25, 0.3) is 22.0 Å². The van der Waals surface area contributed by atoms with Crippen molar-refractivity contribution < 1.29 is 14.3 Å². The lowest BCUT2D eigenvalue weighted by atomic mass is 10.0. The molecule has 162 valence electrons. The van der Waals surface area contributed by atoms with E-state index in [9.17, 15) is 4.79 Å². The van der Waals surface area contributed by atoms with Gasteiger partial charge in [-0.25, -0.2) is 0 Å². The fourth-order valence-electron chi connectivity index (χ4n) is 3.20. The number of carbonyl (C=O) groups excluding carboxylic acids is 1. The molecule has 1 aromatic heterocycles. The monoisotopic (exact) mass is 452 g/mol. The number of amides is 1. The third-order valence-electron chi connectivity index (χ3n) is 4.71. The zero-order chi connectivity index (χ0) is 19.5. The Morgan fingerprint density at radius 2 is 1.80 bits per heavy atom. The van der Waals surface area contributed by atoms with Crippen molar-refractivity contribution >= 4 is 40.0 Å². The molecule has 0 spiro atoms. The maximum Gasteiger partial charge on any atom is 0.267 e. The Bertz CT molecular complexity index is 1010. The number of hydrogen-bond acceptors (Lipinski definition) is 5. The van der Waals surface area contributed by atoms with E-state index in [1.165, 1.54) is 0 Å². The van der Waals surface area contributed by atoms with Gasteiger partial charge in [-0.1, -0.05) is 18.2 Å². The van der Waals surface area contributed by atoms with Crippen LogP contribution in [-0.4, -0.2) is 35.5 Å². The highest BCUT2D eigenvalue weighted by Crippen LogP contribution is 2.36. The second kappa shape index (κ2) is 10.5. The summed E-state index contributed by atoms with van der Waals surface area (Å²) in [5, 5.41) is 3.72. The van der Waals surface area contributed by atoms with Gasteiger partial charge in [0.2, 0.25) is 6.79 Å². The Labute approximate surface area is 185 Å². The summed E-state index contributed by atoms with van der Waals surface area (Å²) in [6.07, 6.45) is 1.61. The molecule has 0 saturated heterocycles. The molecule has 0 unspecified atom stereocenters. The van der Waals surface area contributed by atoms with Crippen molar-refractivity contribution in [2.75, 3.05) is 19.2 Å². The van der Waals surface area contributed by atoms with Crippen LogP contribution in [0.5, 0.6) is 11.5 Å². The van der Waals surface area contributed by atoms with Crippen molar-refractivity contribution in [3.63, 3.8) is 0 Å². The molecule has 0 radical (unpaired) electrons. The molecule has 4 rings (SSSR count). The molecule has 2 aromatic carbocycles. The molecular weight excluding hydrogens is 427 g/mol. The smallest absolute Gasteiger partial charge is 0.267 e. The highest BCUT2D eigenvalue weighted by molar-refractivity contribution is 6.21.